The van der Waals surface area contributed by atoms with Gasteiger partial charge in [0.2, 0.25) is 0 Å². The van der Waals surface area contributed by atoms with Crippen LogP contribution in [0.25, 0.3) is 0 Å². The number of carboxylic acids is 1. The van der Waals surface area contributed by atoms with E-state index in [2.05, 4.69) is 0 Å². The van der Waals surface area contributed by atoms with Gasteiger partial charge < -0.3 is 10.0 Å². The van der Waals surface area contributed by atoms with E-state index in [1.165, 1.54) is 29.7 Å². The number of hydrogen-bond donors (Lipinski definition) is 1. The summed E-state index contributed by atoms with van der Waals surface area (Å²) in [7, 11) is 0. The lowest BCUT2D eigenvalue weighted by Crippen LogP contribution is -2.44. The fraction of sp³-hybridized carbons (Fsp3) is 0.625. The van der Waals surface area contributed by atoms with Crippen molar-refractivity contribution in [2.24, 2.45) is 0 Å². The highest BCUT2D eigenvalue weighted by atomic mass is 32.1. The molecule has 114 valence electrons. The summed E-state index contributed by atoms with van der Waals surface area (Å²) in [5, 5.41) is 9.23. The second kappa shape index (κ2) is 5.79. The summed E-state index contributed by atoms with van der Waals surface area (Å²) in [5.74, 6) is -1.01. The van der Waals surface area contributed by atoms with Crippen LogP contribution >= 0.6 is 11.3 Å². The molecular formula is C16H21NO3S. The fourth-order valence-corrected chi connectivity index (χ4v) is 4.23. The Morgan fingerprint density at radius 2 is 2.00 bits per heavy atom. The third kappa shape index (κ3) is 2.98. The molecular weight excluding hydrogens is 286 g/mol. The predicted molar refractivity (Wildman–Crippen MR) is 81.9 cm³/mol. The molecule has 0 spiro atoms. The SMILES string of the molecule is CC(C(=O)O)N(C(=O)c1cc2c(s1)CCCCC2)C1CC1. The number of aliphatic carboxylic acids is 1. The smallest absolute Gasteiger partial charge is 0.326 e. The van der Waals surface area contributed by atoms with E-state index in [0.717, 1.165) is 30.6 Å². The van der Waals surface area contributed by atoms with Crippen LogP contribution in [-0.4, -0.2) is 34.0 Å². The molecule has 1 saturated carbocycles. The number of aryl methyl sites for hydroxylation is 2. The zero-order valence-corrected chi connectivity index (χ0v) is 13.1. The minimum absolute atomic E-state index is 0.0922. The third-order valence-electron chi connectivity index (χ3n) is 4.41. The van der Waals surface area contributed by atoms with Crippen molar-refractivity contribution in [3.05, 3.63) is 21.4 Å². The van der Waals surface area contributed by atoms with Crippen molar-refractivity contribution in [2.45, 2.75) is 64.0 Å². The molecule has 2 aliphatic carbocycles. The molecule has 2 aliphatic rings. The van der Waals surface area contributed by atoms with E-state index in [1.807, 2.05) is 6.07 Å². The number of carbonyl (C=O) groups excluding carboxylic acids is 1. The van der Waals surface area contributed by atoms with Gasteiger partial charge in [0.15, 0.2) is 0 Å². The average Bonchev–Trinajstić information content (AvgIpc) is 3.23. The van der Waals surface area contributed by atoms with E-state index >= 15 is 0 Å². The van der Waals surface area contributed by atoms with Crippen molar-refractivity contribution in [1.29, 1.82) is 0 Å². The minimum atomic E-state index is -0.923. The van der Waals surface area contributed by atoms with E-state index < -0.39 is 12.0 Å². The lowest BCUT2D eigenvalue weighted by atomic mass is 10.1. The molecule has 0 aromatic carbocycles. The Balaban J connectivity index is 1.84. The molecule has 1 amide bonds. The van der Waals surface area contributed by atoms with Crippen molar-refractivity contribution in [1.82, 2.24) is 4.90 Å². The van der Waals surface area contributed by atoms with Crippen molar-refractivity contribution < 1.29 is 14.7 Å². The lowest BCUT2D eigenvalue weighted by molar-refractivity contribution is -0.141. The van der Waals surface area contributed by atoms with E-state index in [9.17, 15) is 14.7 Å². The molecule has 1 N–H and O–H groups in total. The number of fused-ring (bicyclic) bond motifs is 1. The number of nitrogens with zero attached hydrogens (tertiary/aromatic N) is 1. The molecule has 1 fully saturated rings. The number of amides is 1. The van der Waals surface area contributed by atoms with Gasteiger partial charge in [0.1, 0.15) is 6.04 Å². The zero-order valence-electron chi connectivity index (χ0n) is 12.3. The van der Waals surface area contributed by atoms with Crippen LogP contribution in [0.15, 0.2) is 6.07 Å². The Labute approximate surface area is 128 Å². The van der Waals surface area contributed by atoms with Gasteiger partial charge in [-0.3, -0.25) is 4.79 Å². The second-order valence-corrected chi connectivity index (χ2v) is 7.21. The minimum Gasteiger partial charge on any atom is -0.480 e. The van der Waals surface area contributed by atoms with Gasteiger partial charge in [-0.15, -0.1) is 11.3 Å². The number of carboxylic acid groups (broad SMARTS) is 1. The van der Waals surface area contributed by atoms with Gasteiger partial charge in [-0.1, -0.05) is 6.42 Å². The highest BCUT2D eigenvalue weighted by molar-refractivity contribution is 7.14. The van der Waals surface area contributed by atoms with Crippen LogP contribution < -0.4 is 0 Å². The van der Waals surface area contributed by atoms with Gasteiger partial charge in [0.25, 0.3) is 5.91 Å². The Bertz CT molecular complexity index is 538. The van der Waals surface area contributed by atoms with Crippen molar-refractivity contribution in [3.63, 3.8) is 0 Å². The molecule has 1 unspecified atom stereocenters. The normalized spacial score (nSPS) is 19.5. The standard InChI is InChI=1S/C16H21NO3S/c1-10(16(19)20)17(12-7-8-12)15(18)14-9-11-5-3-2-4-6-13(11)21-14/h9-10,12H,2-8H2,1H3,(H,19,20). The molecule has 0 aliphatic heterocycles. The quantitative estimate of drug-likeness (QED) is 0.870. The van der Waals surface area contributed by atoms with E-state index in [0.29, 0.717) is 0 Å². The Kier molecular flexibility index (Phi) is 4.02. The molecule has 1 aromatic rings. The summed E-state index contributed by atoms with van der Waals surface area (Å²) in [6, 6.07) is 1.38. The Morgan fingerprint density at radius 3 is 2.67 bits per heavy atom. The van der Waals surface area contributed by atoms with Crippen LogP contribution in [-0.2, 0) is 17.6 Å². The average molecular weight is 307 g/mol. The number of rotatable bonds is 4. The van der Waals surface area contributed by atoms with Gasteiger partial charge in [-0.2, -0.15) is 0 Å². The molecule has 1 heterocycles. The van der Waals surface area contributed by atoms with Crippen molar-refractivity contribution in [3.8, 4) is 0 Å². The maximum atomic E-state index is 12.7. The van der Waals surface area contributed by atoms with Crippen molar-refractivity contribution in [2.75, 3.05) is 0 Å². The number of carbonyl (C=O) groups is 2. The van der Waals surface area contributed by atoms with E-state index in [-0.39, 0.29) is 11.9 Å². The van der Waals surface area contributed by atoms with E-state index in [1.54, 1.807) is 23.2 Å². The zero-order chi connectivity index (χ0) is 15.0. The van der Waals surface area contributed by atoms with Crippen LogP contribution in [0.5, 0.6) is 0 Å². The predicted octanol–water partition coefficient (Wildman–Crippen LogP) is 3.09. The lowest BCUT2D eigenvalue weighted by Gasteiger charge is -2.25. The van der Waals surface area contributed by atoms with Crippen LogP contribution in [0.1, 0.15) is 59.1 Å². The highest BCUT2D eigenvalue weighted by Crippen LogP contribution is 2.34. The van der Waals surface area contributed by atoms with Crippen LogP contribution in [0.2, 0.25) is 0 Å². The second-order valence-electron chi connectivity index (χ2n) is 6.08. The van der Waals surface area contributed by atoms with Crippen LogP contribution in [0.4, 0.5) is 0 Å². The van der Waals surface area contributed by atoms with Gasteiger partial charge >= 0.3 is 5.97 Å². The summed E-state index contributed by atoms with van der Waals surface area (Å²) in [6.45, 7) is 1.61. The summed E-state index contributed by atoms with van der Waals surface area (Å²) in [4.78, 5) is 27.6. The summed E-state index contributed by atoms with van der Waals surface area (Å²) < 4.78 is 0. The van der Waals surface area contributed by atoms with Crippen LogP contribution in [0, 0.1) is 0 Å². The van der Waals surface area contributed by atoms with Crippen LogP contribution in [0.3, 0.4) is 0 Å². The van der Waals surface area contributed by atoms with Crippen molar-refractivity contribution >= 4 is 23.2 Å². The summed E-state index contributed by atoms with van der Waals surface area (Å²) in [5.41, 5.74) is 1.31. The molecule has 4 nitrogen and oxygen atoms in total. The summed E-state index contributed by atoms with van der Waals surface area (Å²) >= 11 is 1.58. The molecule has 0 radical (unpaired) electrons. The first kappa shape index (κ1) is 14.6. The molecule has 0 bridgehead atoms. The molecule has 0 saturated heterocycles. The first-order chi connectivity index (χ1) is 10.1. The Hall–Kier alpha value is -1.36. The highest BCUT2D eigenvalue weighted by Gasteiger charge is 2.39. The topological polar surface area (TPSA) is 57.6 Å². The fourth-order valence-electron chi connectivity index (χ4n) is 3.03. The first-order valence-corrected chi connectivity index (χ1v) is 8.56. The first-order valence-electron chi connectivity index (χ1n) is 7.75. The van der Waals surface area contributed by atoms with Gasteiger partial charge in [-0.25, -0.2) is 4.79 Å². The van der Waals surface area contributed by atoms with Gasteiger partial charge in [0.05, 0.1) is 4.88 Å². The largest absolute Gasteiger partial charge is 0.480 e. The maximum Gasteiger partial charge on any atom is 0.326 e. The molecule has 3 rings (SSSR count). The maximum absolute atomic E-state index is 12.7. The van der Waals surface area contributed by atoms with Gasteiger partial charge in [0, 0.05) is 10.9 Å². The monoisotopic (exact) mass is 307 g/mol. The molecule has 1 atom stereocenters. The molecule has 21 heavy (non-hydrogen) atoms. The summed E-state index contributed by atoms with van der Waals surface area (Å²) in [6.07, 6.45) is 7.61. The molecule has 1 aromatic heterocycles. The molecule has 5 heteroatoms. The third-order valence-corrected chi connectivity index (χ3v) is 5.63. The Morgan fingerprint density at radius 1 is 1.29 bits per heavy atom. The number of thiophene rings is 1. The number of hydrogen-bond acceptors (Lipinski definition) is 3. The van der Waals surface area contributed by atoms with Gasteiger partial charge in [-0.05, 0) is 57.1 Å². The van der Waals surface area contributed by atoms with E-state index in [4.69, 9.17) is 0 Å².